The van der Waals surface area contributed by atoms with Gasteiger partial charge >= 0.3 is 0 Å². The smallest absolute Gasteiger partial charge is 0.242 e. The molecule has 1 aromatic rings. The minimum Gasteiger partial charge on any atom is -0.368 e. The van der Waals surface area contributed by atoms with Gasteiger partial charge < -0.3 is 5.73 Å². The van der Waals surface area contributed by atoms with Gasteiger partial charge in [0, 0.05) is 24.1 Å². The lowest BCUT2D eigenvalue weighted by atomic mass is 9.91. The number of nitrogens with zero attached hydrogens (tertiary/aromatic N) is 3. The molecule has 0 heterocycles. The molecule has 1 amide bonds. The molecule has 0 aliphatic carbocycles. The highest BCUT2D eigenvalue weighted by atomic mass is 19.1. The number of carbonyl (C=O) groups excluding carboxylic acids is 1. The lowest BCUT2D eigenvalue weighted by molar-refractivity contribution is -0.124. The van der Waals surface area contributed by atoms with Gasteiger partial charge in [0.2, 0.25) is 5.91 Å². The monoisotopic (exact) mass is 269 g/mol. The molecule has 1 unspecified atom stereocenters. The van der Waals surface area contributed by atoms with Gasteiger partial charge in [-0.1, -0.05) is 5.11 Å². The van der Waals surface area contributed by atoms with Crippen molar-refractivity contribution in [1.82, 2.24) is 5.32 Å². The van der Waals surface area contributed by atoms with Crippen LogP contribution in [0.5, 0.6) is 0 Å². The normalized spacial score (nSPS) is 13.4. The maximum absolute atomic E-state index is 13.2. The van der Waals surface area contributed by atoms with E-state index in [2.05, 4.69) is 15.3 Å². The molecule has 0 aliphatic rings. The Morgan fingerprint density at radius 1 is 1.47 bits per heavy atom. The zero-order valence-electron chi connectivity index (χ0n) is 10.2. The van der Waals surface area contributed by atoms with Gasteiger partial charge in [0.1, 0.15) is 17.2 Å². The van der Waals surface area contributed by atoms with Crippen molar-refractivity contribution >= 4 is 5.91 Å². The number of carbonyl (C=O) groups is 1. The second-order valence-corrected chi connectivity index (χ2v) is 4.03. The van der Waals surface area contributed by atoms with Crippen LogP contribution in [0.15, 0.2) is 23.3 Å². The van der Waals surface area contributed by atoms with Crippen LogP contribution in [-0.4, -0.2) is 19.0 Å². The summed E-state index contributed by atoms with van der Waals surface area (Å²) in [6.45, 7) is 1.62. The van der Waals surface area contributed by atoms with Gasteiger partial charge in [-0.2, -0.15) is 0 Å². The van der Waals surface area contributed by atoms with E-state index >= 15 is 0 Å². The van der Waals surface area contributed by atoms with Gasteiger partial charge in [0.05, 0.1) is 0 Å². The van der Waals surface area contributed by atoms with Crippen molar-refractivity contribution in [2.24, 2.45) is 10.8 Å². The van der Waals surface area contributed by atoms with Crippen molar-refractivity contribution in [3.63, 3.8) is 0 Å². The van der Waals surface area contributed by atoms with Gasteiger partial charge in [-0.15, -0.1) is 0 Å². The van der Waals surface area contributed by atoms with E-state index < -0.39 is 23.1 Å². The van der Waals surface area contributed by atoms with E-state index in [0.717, 1.165) is 12.1 Å². The number of primary amides is 1. The van der Waals surface area contributed by atoms with Crippen LogP contribution < -0.4 is 11.1 Å². The number of hydrogen-bond acceptors (Lipinski definition) is 3. The fourth-order valence-electron chi connectivity index (χ4n) is 1.57. The molecule has 1 atom stereocenters. The maximum atomic E-state index is 13.2. The molecule has 0 bridgehead atoms. The summed E-state index contributed by atoms with van der Waals surface area (Å²) in [4.78, 5) is 14.1. The van der Waals surface area contributed by atoms with Crippen molar-refractivity contribution < 1.29 is 13.6 Å². The zero-order valence-corrected chi connectivity index (χ0v) is 10.2. The van der Waals surface area contributed by atoms with Crippen LogP contribution in [0.3, 0.4) is 0 Å². The third kappa shape index (κ3) is 3.64. The molecule has 3 N–H and O–H groups in total. The Bertz CT molecular complexity index is 510. The lowest BCUT2D eigenvalue weighted by Crippen LogP contribution is -2.51. The second kappa shape index (κ2) is 6.12. The van der Waals surface area contributed by atoms with Gasteiger partial charge in [0.25, 0.3) is 0 Å². The van der Waals surface area contributed by atoms with E-state index in [1.54, 1.807) is 0 Å². The van der Waals surface area contributed by atoms with Gasteiger partial charge in [0.15, 0.2) is 0 Å². The molecule has 8 heteroatoms. The Kier molecular flexibility index (Phi) is 4.80. The first-order valence-corrected chi connectivity index (χ1v) is 5.42. The Hall–Kier alpha value is -2.18. The number of halogens is 2. The molecule has 0 aromatic heterocycles. The van der Waals surface area contributed by atoms with E-state index in [4.69, 9.17) is 11.3 Å². The molecule has 0 spiro atoms. The Morgan fingerprint density at radius 2 is 2.05 bits per heavy atom. The highest BCUT2D eigenvalue weighted by molar-refractivity contribution is 5.85. The summed E-state index contributed by atoms with van der Waals surface area (Å²) in [6, 6.07) is 2.74. The summed E-state index contributed by atoms with van der Waals surface area (Å²) in [7, 11) is 0. The number of nitrogens with one attached hydrogen (secondary N) is 1. The molecule has 0 saturated heterocycles. The van der Waals surface area contributed by atoms with Crippen LogP contribution in [0.4, 0.5) is 8.78 Å². The first kappa shape index (κ1) is 14.9. The van der Waals surface area contributed by atoms with Crippen LogP contribution >= 0.6 is 0 Å². The van der Waals surface area contributed by atoms with Gasteiger partial charge in [-0.3, -0.25) is 10.1 Å². The number of benzene rings is 1. The molecule has 0 fully saturated rings. The second-order valence-electron chi connectivity index (χ2n) is 4.03. The summed E-state index contributed by atoms with van der Waals surface area (Å²) in [6.07, 6.45) is 0. The molecule has 6 nitrogen and oxygen atoms in total. The average Bonchev–Trinajstić information content (AvgIpc) is 2.33. The largest absolute Gasteiger partial charge is 0.368 e. The standard InChI is InChI=1S/C11H13F2N5O/c1-11(10(14)19,16-2-3-17-18-15)7-4-8(12)6-9(13)5-7/h4-6,16H,2-3H2,1H3,(H2,14,19). The summed E-state index contributed by atoms with van der Waals surface area (Å²) in [5.74, 6) is -2.41. The minimum atomic E-state index is -1.45. The first-order chi connectivity index (χ1) is 8.90. The van der Waals surface area contributed by atoms with Crippen molar-refractivity contribution in [3.8, 4) is 0 Å². The summed E-state index contributed by atoms with van der Waals surface area (Å²) in [5, 5.41) is 6.01. The summed E-state index contributed by atoms with van der Waals surface area (Å²) < 4.78 is 26.4. The Labute approximate surface area is 108 Å². The quantitative estimate of drug-likeness (QED) is 0.354. The van der Waals surface area contributed by atoms with Crippen molar-refractivity contribution in [2.75, 3.05) is 13.1 Å². The third-order valence-electron chi connectivity index (χ3n) is 2.69. The van der Waals surface area contributed by atoms with Crippen molar-refractivity contribution in [3.05, 3.63) is 45.8 Å². The van der Waals surface area contributed by atoms with Gasteiger partial charge in [-0.25, -0.2) is 8.78 Å². The van der Waals surface area contributed by atoms with Crippen LogP contribution in [0.25, 0.3) is 10.4 Å². The molecule has 0 saturated carbocycles. The number of hydrogen-bond donors (Lipinski definition) is 2. The average molecular weight is 269 g/mol. The zero-order chi connectivity index (χ0) is 14.5. The fourth-order valence-corrected chi connectivity index (χ4v) is 1.57. The summed E-state index contributed by atoms with van der Waals surface area (Å²) in [5.41, 5.74) is 12.0. The van der Waals surface area contributed by atoms with E-state index in [1.807, 2.05) is 0 Å². The van der Waals surface area contributed by atoms with Gasteiger partial charge in [-0.05, 0) is 30.2 Å². The Morgan fingerprint density at radius 3 is 2.53 bits per heavy atom. The van der Waals surface area contributed by atoms with Crippen LogP contribution in [0.2, 0.25) is 0 Å². The molecule has 0 aliphatic heterocycles. The predicted octanol–water partition coefficient (Wildman–Crippen LogP) is 1.57. The van der Waals surface area contributed by atoms with E-state index in [9.17, 15) is 13.6 Å². The van der Waals surface area contributed by atoms with Crippen molar-refractivity contribution in [1.29, 1.82) is 0 Å². The molecule has 19 heavy (non-hydrogen) atoms. The summed E-state index contributed by atoms with van der Waals surface area (Å²) >= 11 is 0. The highest BCUT2D eigenvalue weighted by Gasteiger charge is 2.33. The molecule has 1 rings (SSSR count). The van der Waals surface area contributed by atoms with Crippen LogP contribution in [0, 0.1) is 11.6 Å². The SMILES string of the molecule is CC(NCCN=[N+]=[N-])(C(N)=O)c1cc(F)cc(F)c1. The Balaban J connectivity index is 3.03. The van der Waals surface area contributed by atoms with Crippen LogP contribution in [0.1, 0.15) is 12.5 Å². The molecular weight excluding hydrogens is 256 g/mol. The third-order valence-corrected chi connectivity index (χ3v) is 2.69. The molecular formula is C11H13F2N5O. The number of azide groups is 1. The molecule has 102 valence electrons. The molecule has 1 aromatic carbocycles. The predicted molar refractivity (Wildman–Crippen MR) is 64.9 cm³/mol. The number of rotatable bonds is 6. The number of amides is 1. The van der Waals surface area contributed by atoms with E-state index in [0.29, 0.717) is 6.07 Å². The number of nitrogens with two attached hydrogens (primary N) is 1. The van der Waals surface area contributed by atoms with E-state index in [-0.39, 0.29) is 18.7 Å². The van der Waals surface area contributed by atoms with Crippen LogP contribution in [-0.2, 0) is 10.3 Å². The maximum Gasteiger partial charge on any atom is 0.242 e. The fraction of sp³-hybridized carbons (Fsp3) is 0.364. The molecule has 0 radical (unpaired) electrons. The highest BCUT2D eigenvalue weighted by Crippen LogP contribution is 2.22. The lowest BCUT2D eigenvalue weighted by Gasteiger charge is -2.28. The first-order valence-electron chi connectivity index (χ1n) is 5.42. The topological polar surface area (TPSA) is 104 Å². The van der Waals surface area contributed by atoms with E-state index in [1.165, 1.54) is 6.92 Å². The van der Waals surface area contributed by atoms with Crippen molar-refractivity contribution in [2.45, 2.75) is 12.5 Å². The minimum absolute atomic E-state index is 0.0680.